The number of aromatic nitrogens is 1. The number of likely N-dealkylation sites (N-methyl/N-ethyl adjacent to an activating group) is 1. The first-order valence-corrected chi connectivity index (χ1v) is 16.7. The first-order valence-electron chi connectivity index (χ1n) is 11.3. The summed E-state index contributed by atoms with van der Waals surface area (Å²) in [4.78, 5) is 15.9. The maximum atomic E-state index is 14.1. The van der Waals surface area contributed by atoms with Crippen LogP contribution >= 0.6 is 11.5 Å². The fraction of sp³-hybridized carbons (Fsp3) is 0.280. The first kappa shape index (κ1) is 26.5. The predicted molar refractivity (Wildman–Crippen MR) is 139 cm³/mol. The van der Waals surface area contributed by atoms with E-state index in [-0.39, 0.29) is 22.6 Å². The Morgan fingerprint density at radius 3 is 2.78 bits per heavy atom. The summed E-state index contributed by atoms with van der Waals surface area (Å²) in [6.45, 7) is 6.62. The van der Waals surface area contributed by atoms with Gasteiger partial charge < -0.3 is 0 Å². The first-order chi connectivity index (χ1) is 17.3. The second-order valence-electron chi connectivity index (χ2n) is 7.93. The number of methoxy groups -OCH3 is 1. The van der Waals surface area contributed by atoms with Crippen molar-refractivity contribution in [3.63, 3.8) is 0 Å². The fourth-order valence-corrected chi connectivity index (χ4v) is 10.6. The van der Waals surface area contributed by atoms with Crippen LogP contribution < -0.4 is 9.09 Å². The summed E-state index contributed by atoms with van der Waals surface area (Å²) in [6, 6.07) is 7.04. The molecule has 3 aromatic rings. The van der Waals surface area contributed by atoms with Gasteiger partial charge in [0.1, 0.15) is 0 Å². The van der Waals surface area contributed by atoms with Crippen LogP contribution in [0.25, 0.3) is 16.5 Å². The van der Waals surface area contributed by atoms with Crippen molar-refractivity contribution < 1.29 is 27.1 Å². The van der Waals surface area contributed by atoms with Gasteiger partial charge in [0.15, 0.2) is 0 Å². The molecular weight excluding hydrogens is 566 g/mol. The van der Waals surface area contributed by atoms with Gasteiger partial charge in [-0.25, -0.2) is 0 Å². The molecule has 1 aromatic heterocycles. The number of hydrogen-bond acceptors (Lipinski definition) is 8. The van der Waals surface area contributed by atoms with E-state index in [9.17, 15) is 17.6 Å². The van der Waals surface area contributed by atoms with Crippen LogP contribution in [-0.4, -0.2) is 65.0 Å². The second-order valence-corrected chi connectivity index (χ2v) is 15.5. The molecule has 11 heteroatoms. The normalized spacial score (nSPS) is 13.2. The molecule has 0 fully saturated rings. The molecule has 1 aliphatic heterocycles. The number of halogens is 1. The molecule has 0 N–H and O–H groups in total. The van der Waals surface area contributed by atoms with E-state index in [2.05, 4.69) is 9.27 Å². The van der Waals surface area contributed by atoms with Gasteiger partial charge in [-0.1, -0.05) is 0 Å². The second kappa shape index (κ2) is 11.3. The average Bonchev–Trinajstić information content (AvgIpc) is 3.35. The summed E-state index contributed by atoms with van der Waals surface area (Å²) in [5, 5.41) is 0. The monoisotopic (exact) mass is 591 g/mol. The van der Waals surface area contributed by atoms with Crippen LogP contribution in [0.15, 0.2) is 47.5 Å². The van der Waals surface area contributed by atoms with Gasteiger partial charge in [0.25, 0.3) is 0 Å². The number of carbonyl (C=O) groups is 1. The van der Waals surface area contributed by atoms with Gasteiger partial charge in [-0.05, 0) is 0 Å². The number of fused-ring (bicyclic) bond motifs is 3. The molecule has 0 spiro atoms. The van der Waals surface area contributed by atoms with E-state index < -0.39 is 34.5 Å². The third kappa shape index (κ3) is 5.42. The molecule has 36 heavy (non-hydrogen) atoms. The number of rotatable bonds is 9. The molecule has 0 amide bonds. The molecule has 0 atom stereocenters. The van der Waals surface area contributed by atoms with Crippen LogP contribution in [0, 0.1) is 5.82 Å². The summed E-state index contributed by atoms with van der Waals surface area (Å²) in [5.41, 5.74) is 1.98. The Hall–Kier alpha value is -2.52. The molecule has 7 nitrogen and oxygen atoms in total. The summed E-state index contributed by atoms with van der Waals surface area (Å²) in [7, 11) is -2.63. The average molecular weight is 592 g/mol. The molecule has 0 unspecified atom stereocenters. The van der Waals surface area contributed by atoms with E-state index in [0.29, 0.717) is 22.2 Å². The van der Waals surface area contributed by atoms with Crippen molar-refractivity contribution in [3.05, 3.63) is 65.1 Å². The van der Waals surface area contributed by atoms with Crippen molar-refractivity contribution in [1.29, 1.82) is 0 Å². The van der Waals surface area contributed by atoms with Crippen molar-refractivity contribution in [1.82, 2.24) is 9.27 Å². The Labute approximate surface area is 219 Å². The van der Waals surface area contributed by atoms with Crippen LogP contribution in [0.2, 0.25) is 0 Å². The van der Waals surface area contributed by atoms with E-state index >= 15 is 0 Å². The minimum absolute atomic E-state index is 0.0268. The van der Waals surface area contributed by atoms with E-state index in [4.69, 9.17) is 9.47 Å². The van der Waals surface area contributed by atoms with Gasteiger partial charge in [0.2, 0.25) is 0 Å². The molecule has 1 aliphatic rings. The van der Waals surface area contributed by atoms with E-state index in [1.165, 1.54) is 30.8 Å². The Bertz CT molecular complexity index is 1420. The molecule has 2 aromatic carbocycles. The summed E-state index contributed by atoms with van der Waals surface area (Å²) >= 11 is -0.301. The van der Waals surface area contributed by atoms with Crippen LogP contribution in [0.1, 0.15) is 35.3 Å². The molecule has 0 aliphatic carbocycles. The summed E-state index contributed by atoms with van der Waals surface area (Å²) < 4.78 is 56.7. The van der Waals surface area contributed by atoms with Crippen LogP contribution in [-0.2, 0) is 19.4 Å². The summed E-state index contributed by atoms with van der Waals surface area (Å²) in [5.74, 6) is -0.885. The van der Waals surface area contributed by atoms with Gasteiger partial charge >= 0.3 is 220 Å². The van der Waals surface area contributed by atoms with Crippen LogP contribution in [0.4, 0.5) is 4.39 Å². The molecular formula is C25H25AsFN2O5S2. The molecule has 2 heterocycles. The third-order valence-electron chi connectivity index (χ3n) is 5.81. The zero-order valence-electron chi connectivity index (χ0n) is 20.0. The molecule has 0 bridgehead atoms. The molecule has 189 valence electrons. The van der Waals surface area contributed by atoms with Crippen molar-refractivity contribution in [2.45, 2.75) is 25.3 Å². The van der Waals surface area contributed by atoms with Crippen LogP contribution in [0.5, 0.6) is 5.75 Å². The Balaban J connectivity index is 1.73. The zero-order valence-corrected chi connectivity index (χ0v) is 23.5. The van der Waals surface area contributed by atoms with E-state index in [0.717, 1.165) is 29.6 Å². The summed E-state index contributed by atoms with van der Waals surface area (Å²) in [6.07, 6.45) is 5.18. The van der Waals surface area contributed by atoms with Gasteiger partial charge in [0.05, 0.1) is 0 Å². The Morgan fingerprint density at radius 1 is 1.28 bits per heavy atom. The van der Waals surface area contributed by atoms with Crippen molar-refractivity contribution in [2.75, 3.05) is 26.7 Å². The van der Waals surface area contributed by atoms with Gasteiger partial charge in [-0.3, -0.25) is 0 Å². The molecule has 0 saturated heterocycles. The minimum atomic E-state index is -3.87. The predicted octanol–water partition coefficient (Wildman–Crippen LogP) is 3.70. The molecule has 4 rings (SSSR count). The Kier molecular flexibility index (Phi) is 8.30. The quantitative estimate of drug-likeness (QED) is 0.277. The fourth-order valence-electron chi connectivity index (χ4n) is 3.88. The molecule has 1 radical (unpaired) electrons. The SMILES string of the molecule is CCN(CC)CC=Cc1cc(F)ccc1S(=O)(=O)[As]c1ccc2c(c1C(=O)OC)OCc1cnsc1-2. The number of esters is 1. The van der Waals surface area contributed by atoms with Crippen molar-refractivity contribution in [3.8, 4) is 16.2 Å². The maximum absolute atomic E-state index is 14.1. The van der Waals surface area contributed by atoms with E-state index in [1.807, 2.05) is 19.9 Å². The zero-order chi connectivity index (χ0) is 25.9. The number of nitrogens with zero attached hydrogens (tertiary/aromatic N) is 2. The topological polar surface area (TPSA) is 85.8 Å². The standard InChI is InChI=1S/C25H25AsFN2O5S2/c1-4-29(5-2)12-6-7-16-13-18(27)8-11-21(16)36(31,32)26-20-10-9-19-23(22(20)25(30)33-3)34-15-17-14-28-35-24(17)19/h6-11,13-14H,4-5,12,15H2,1-3H3. The van der Waals surface area contributed by atoms with Crippen LogP contribution in [0.3, 0.4) is 0 Å². The van der Waals surface area contributed by atoms with Crippen molar-refractivity contribution >= 4 is 50.6 Å². The van der Waals surface area contributed by atoms with Gasteiger partial charge in [-0.2, -0.15) is 0 Å². The Morgan fingerprint density at radius 2 is 2.06 bits per heavy atom. The van der Waals surface area contributed by atoms with Crippen molar-refractivity contribution in [2.24, 2.45) is 0 Å². The number of carbonyl (C=O) groups excluding carboxylic acids is 1. The number of ether oxygens (including phenoxy) is 2. The van der Waals surface area contributed by atoms with E-state index in [1.54, 1.807) is 24.4 Å². The number of benzene rings is 2. The van der Waals surface area contributed by atoms with Gasteiger partial charge in [-0.15, -0.1) is 0 Å². The molecule has 0 saturated carbocycles. The number of hydrogen-bond donors (Lipinski definition) is 0. The van der Waals surface area contributed by atoms with Gasteiger partial charge in [0, 0.05) is 0 Å². The third-order valence-corrected chi connectivity index (χ3v) is 12.8.